The summed E-state index contributed by atoms with van der Waals surface area (Å²) in [6.07, 6.45) is 0. The molecule has 1 aromatic carbocycles. The van der Waals surface area contributed by atoms with Crippen molar-refractivity contribution in [3.63, 3.8) is 0 Å². The Bertz CT molecular complexity index is 440. The number of rotatable bonds is 4. The first-order chi connectivity index (χ1) is 8.04. The van der Waals surface area contributed by atoms with Gasteiger partial charge in [-0.25, -0.2) is 0 Å². The van der Waals surface area contributed by atoms with Gasteiger partial charge < -0.3 is 10.1 Å². The number of hydrogen-bond donors (Lipinski definition) is 1. The van der Waals surface area contributed by atoms with Gasteiger partial charge in [-0.1, -0.05) is 18.7 Å². The maximum atomic E-state index is 11.6. The Labute approximate surface area is 113 Å². The number of amides is 1. The van der Waals surface area contributed by atoms with E-state index in [2.05, 4.69) is 39.2 Å². The van der Waals surface area contributed by atoms with Crippen LogP contribution in [0.15, 0.2) is 30.8 Å². The molecule has 4 nitrogen and oxygen atoms in total. The predicted octanol–water partition coefficient (Wildman–Crippen LogP) is 1.59. The molecule has 0 spiro atoms. The van der Waals surface area contributed by atoms with Crippen LogP contribution in [-0.4, -0.2) is 25.5 Å². The van der Waals surface area contributed by atoms with Crippen LogP contribution in [0.25, 0.3) is 5.57 Å². The van der Waals surface area contributed by atoms with Crippen LogP contribution in [0.2, 0.25) is 0 Å². The Kier molecular flexibility index (Phi) is 5.14. The van der Waals surface area contributed by atoms with Gasteiger partial charge in [0.25, 0.3) is 5.91 Å². The molecule has 0 fully saturated rings. The second kappa shape index (κ2) is 6.39. The summed E-state index contributed by atoms with van der Waals surface area (Å²) >= 11 is 2.18. The van der Waals surface area contributed by atoms with Crippen molar-refractivity contribution in [2.75, 3.05) is 13.7 Å². The molecule has 90 valence electrons. The van der Waals surface area contributed by atoms with E-state index in [-0.39, 0.29) is 12.5 Å². The fourth-order valence-corrected chi connectivity index (χ4v) is 1.47. The lowest BCUT2D eigenvalue weighted by atomic mass is 10.1. The van der Waals surface area contributed by atoms with Gasteiger partial charge in [-0.05, 0) is 40.3 Å². The molecule has 1 rings (SSSR count). The zero-order valence-corrected chi connectivity index (χ0v) is 11.5. The average molecular weight is 345 g/mol. The highest BCUT2D eigenvalue weighted by atomic mass is 127. The molecule has 0 saturated carbocycles. The zero-order valence-electron chi connectivity index (χ0n) is 9.33. The summed E-state index contributed by atoms with van der Waals surface area (Å²) in [7, 11) is 1.27. The Hall–Kier alpha value is -1.37. The van der Waals surface area contributed by atoms with Crippen molar-refractivity contribution in [3.8, 4) is 0 Å². The SMILES string of the molecule is C=C(C(=O)NCC(=O)OC)c1ccc(I)cc1. The van der Waals surface area contributed by atoms with Gasteiger partial charge >= 0.3 is 5.97 Å². The van der Waals surface area contributed by atoms with Crippen molar-refractivity contribution in [2.24, 2.45) is 0 Å². The van der Waals surface area contributed by atoms with Crippen molar-refractivity contribution in [3.05, 3.63) is 40.0 Å². The lowest BCUT2D eigenvalue weighted by molar-refractivity contribution is -0.140. The smallest absolute Gasteiger partial charge is 0.325 e. The van der Waals surface area contributed by atoms with E-state index in [1.165, 1.54) is 7.11 Å². The Morgan fingerprint density at radius 3 is 2.47 bits per heavy atom. The maximum absolute atomic E-state index is 11.6. The quantitative estimate of drug-likeness (QED) is 0.512. The third-order valence-electron chi connectivity index (χ3n) is 2.09. The number of carbonyl (C=O) groups excluding carboxylic acids is 2. The molecule has 17 heavy (non-hydrogen) atoms. The summed E-state index contributed by atoms with van der Waals surface area (Å²) in [6.45, 7) is 3.54. The number of esters is 1. The molecule has 1 aromatic rings. The minimum absolute atomic E-state index is 0.154. The number of hydrogen-bond acceptors (Lipinski definition) is 3. The zero-order chi connectivity index (χ0) is 12.8. The monoisotopic (exact) mass is 345 g/mol. The van der Waals surface area contributed by atoms with Gasteiger partial charge in [0.1, 0.15) is 6.54 Å². The molecule has 0 heterocycles. The average Bonchev–Trinajstić information content (AvgIpc) is 2.35. The number of methoxy groups -OCH3 is 1. The van der Waals surface area contributed by atoms with Gasteiger partial charge in [0.2, 0.25) is 0 Å². The summed E-state index contributed by atoms with van der Waals surface area (Å²) in [5, 5.41) is 2.43. The largest absolute Gasteiger partial charge is 0.468 e. The third-order valence-corrected chi connectivity index (χ3v) is 2.81. The van der Waals surface area contributed by atoms with Gasteiger partial charge in [-0.3, -0.25) is 9.59 Å². The summed E-state index contributed by atoms with van der Waals surface area (Å²) in [5.41, 5.74) is 1.05. The van der Waals surface area contributed by atoms with Crippen molar-refractivity contribution < 1.29 is 14.3 Å². The number of benzene rings is 1. The van der Waals surface area contributed by atoms with Crippen LogP contribution < -0.4 is 5.32 Å². The van der Waals surface area contributed by atoms with Gasteiger partial charge in [0.05, 0.1) is 7.11 Å². The molecule has 0 atom stereocenters. The van der Waals surface area contributed by atoms with Crippen LogP contribution in [0.1, 0.15) is 5.56 Å². The number of carbonyl (C=O) groups is 2. The van der Waals surface area contributed by atoms with Gasteiger partial charge in [-0.15, -0.1) is 0 Å². The lowest BCUT2D eigenvalue weighted by Crippen LogP contribution is -2.30. The second-order valence-electron chi connectivity index (χ2n) is 3.24. The summed E-state index contributed by atoms with van der Waals surface area (Å²) < 4.78 is 5.50. The standard InChI is InChI=1S/C12H12INO3/c1-8(9-3-5-10(13)6-4-9)12(16)14-7-11(15)17-2/h3-6H,1,7H2,2H3,(H,14,16). The van der Waals surface area contributed by atoms with E-state index in [9.17, 15) is 9.59 Å². The Morgan fingerprint density at radius 1 is 1.35 bits per heavy atom. The fourth-order valence-electron chi connectivity index (χ4n) is 1.11. The second-order valence-corrected chi connectivity index (χ2v) is 4.49. The summed E-state index contributed by atoms with van der Waals surface area (Å²) in [6, 6.07) is 7.38. The normalized spacial score (nSPS) is 9.53. The van der Waals surface area contributed by atoms with Crippen molar-refractivity contribution in [2.45, 2.75) is 0 Å². The minimum atomic E-state index is -0.492. The molecule has 0 aromatic heterocycles. The van der Waals surface area contributed by atoms with E-state index in [1.54, 1.807) is 0 Å². The van der Waals surface area contributed by atoms with Crippen LogP contribution in [0.3, 0.4) is 0 Å². The molecule has 0 aliphatic carbocycles. The maximum Gasteiger partial charge on any atom is 0.325 e. The van der Waals surface area contributed by atoms with E-state index in [1.807, 2.05) is 24.3 Å². The predicted molar refractivity (Wildman–Crippen MR) is 73.2 cm³/mol. The molecule has 0 aliphatic heterocycles. The number of nitrogens with one attached hydrogen (secondary N) is 1. The molecule has 0 unspecified atom stereocenters. The first-order valence-electron chi connectivity index (χ1n) is 4.84. The minimum Gasteiger partial charge on any atom is -0.468 e. The fraction of sp³-hybridized carbons (Fsp3) is 0.167. The van der Waals surface area contributed by atoms with Gasteiger partial charge in [0.15, 0.2) is 0 Å². The summed E-state index contributed by atoms with van der Waals surface area (Å²) in [5.74, 6) is -0.870. The highest BCUT2D eigenvalue weighted by Gasteiger charge is 2.10. The summed E-state index contributed by atoms with van der Waals surface area (Å²) in [4.78, 5) is 22.5. The first-order valence-corrected chi connectivity index (χ1v) is 5.92. The van der Waals surface area contributed by atoms with E-state index in [0.29, 0.717) is 5.57 Å². The van der Waals surface area contributed by atoms with E-state index >= 15 is 0 Å². The van der Waals surface area contributed by atoms with Crippen molar-refractivity contribution >= 4 is 40.0 Å². The highest BCUT2D eigenvalue weighted by molar-refractivity contribution is 14.1. The molecule has 0 bridgehead atoms. The van der Waals surface area contributed by atoms with Crippen LogP contribution >= 0.6 is 22.6 Å². The van der Waals surface area contributed by atoms with Crippen LogP contribution in [0.4, 0.5) is 0 Å². The van der Waals surface area contributed by atoms with Crippen molar-refractivity contribution in [1.29, 1.82) is 0 Å². The topological polar surface area (TPSA) is 55.4 Å². The molecule has 1 amide bonds. The molecule has 0 aliphatic rings. The van der Waals surface area contributed by atoms with Gasteiger partial charge in [0, 0.05) is 9.14 Å². The lowest BCUT2D eigenvalue weighted by Gasteiger charge is -2.06. The molecule has 5 heteroatoms. The van der Waals surface area contributed by atoms with Crippen molar-refractivity contribution in [1.82, 2.24) is 5.32 Å². The number of halogens is 1. The molecule has 0 saturated heterocycles. The Balaban J connectivity index is 2.61. The number of ether oxygens (including phenoxy) is 1. The highest BCUT2D eigenvalue weighted by Crippen LogP contribution is 2.14. The molecular formula is C12H12INO3. The van der Waals surface area contributed by atoms with Crippen LogP contribution in [-0.2, 0) is 14.3 Å². The third kappa shape index (κ3) is 4.18. The first kappa shape index (κ1) is 13.7. The molecule has 0 radical (unpaired) electrons. The van der Waals surface area contributed by atoms with Crippen LogP contribution in [0.5, 0.6) is 0 Å². The Morgan fingerprint density at radius 2 is 1.94 bits per heavy atom. The molecular weight excluding hydrogens is 333 g/mol. The molecule has 1 N–H and O–H groups in total. The van der Waals surface area contributed by atoms with E-state index in [0.717, 1.165) is 9.13 Å². The van der Waals surface area contributed by atoms with Crippen LogP contribution in [0, 0.1) is 3.57 Å². The van der Waals surface area contributed by atoms with E-state index in [4.69, 9.17) is 0 Å². The van der Waals surface area contributed by atoms with Gasteiger partial charge in [-0.2, -0.15) is 0 Å². The van der Waals surface area contributed by atoms with E-state index < -0.39 is 5.97 Å².